The smallest absolute Gasteiger partial charge is 0.00802 e. The Labute approximate surface area is 28.9 Å². The fraction of sp³-hybridized carbons (Fsp3) is 1.00. The molecule has 1 nitrogen and oxygen atoms in total. The number of rotatable bonds is 0. The number of nitrogens with one attached hydrogen (secondary N) is 1. The van der Waals surface area contributed by atoms with Crippen LogP contribution in [0.25, 0.3) is 0 Å². The molecule has 0 aliphatic heterocycles. The molecule has 0 radical (unpaired) electrons. The van der Waals surface area contributed by atoms with Crippen molar-refractivity contribution in [2.75, 3.05) is 12.5 Å². The van der Waals surface area contributed by atoms with Gasteiger partial charge >= 0.3 is 0 Å². The first-order valence-corrected chi connectivity index (χ1v) is 3.06. The van der Waals surface area contributed by atoms with E-state index in [1.807, 2.05) is 12.5 Å². The molecule has 0 aromatic carbocycles. The first-order valence-electron chi connectivity index (χ1n) is 1.02. The van der Waals surface area contributed by atoms with E-state index in [1.165, 1.54) is 0 Å². The van der Waals surface area contributed by atoms with Crippen LogP contribution in [0, 0.1) is 4.78 Å². The molecule has 0 unspecified atom stereocenters. The molecule has 0 saturated heterocycles. The summed E-state index contributed by atoms with van der Waals surface area (Å²) >= 11 is 0. The normalized spacial score (nSPS) is 8.75. The van der Waals surface area contributed by atoms with Crippen molar-refractivity contribution < 1.29 is 0 Å². The molecular formula is C2H7NS. The van der Waals surface area contributed by atoms with E-state index >= 15 is 0 Å². The topological polar surface area (TPSA) is 23.9 Å². The zero-order valence-corrected chi connectivity index (χ0v) is 3.72. The summed E-state index contributed by atoms with van der Waals surface area (Å²) < 4.78 is 6.61. The molecule has 2 heteroatoms. The molecule has 0 saturated carbocycles. The molecule has 0 aliphatic rings. The Morgan fingerprint density at radius 2 is 1.50 bits per heavy atom. The van der Waals surface area contributed by atoms with Crippen LogP contribution in [-0.4, -0.2) is 12.5 Å². The Morgan fingerprint density at radius 3 is 1.50 bits per heavy atom. The van der Waals surface area contributed by atoms with E-state index in [0.29, 0.717) is 0 Å². The van der Waals surface area contributed by atoms with E-state index in [9.17, 15) is 0 Å². The van der Waals surface area contributed by atoms with Gasteiger partial charge in [0, 0.05) is 0 Å². The zero-order valence-electron chi connectivity index (χ0n) is 2.91. The molecule has 0 aromatic heterocycles. The molecule has 0 heterocycles. The maximum absolute atomic E-state index is 6.61. The SMILES string of the molecule is CS(C)=N. The number of hydrogen-bond acceptors (Lipinski definition) is 1. The van der Waals surface area contributed by atoms with Crippen molar-refractivity contribution >= 4 is 10.7 Å². The third-order valence-electron chi connectivity index (χ3n) is 0. The predicted molar refractivity (Wildman–Crippen MR) is 21.9 cm³/mol. The van der Waals surface area contributed by atoms with Crippen LogP contribution in [0.5, 0.6) is 0 Å². The minimum atomic E-state index is -0.111. The fourth-order valence-corrected chi connectivity index (χ4v) is 0. The lowest BCUT2D eigenvalue weighted by Gasteiger charge is -1.67. The van der Waals surface area contributed by atoms with Crippen LogP contribution in [0.15, 0.2) is 0 Å². The van der Waals surface area contributed by atoms with Crippen molar-refractivity contribution in [1.82, 2.24) is 0 Å². The highest BCUT2D eigenvalue weighted by molar-refractivity contribution is 7.84. The van der Waals surface area contributed by atoms with E-state index in [2.05, 4.69) is 0 Å². The predicted octanol–water partition coefficient (Wildman–Crippen LogP) is 0.627. The van der Waals surface area contributed by atoms with Gasteiger partial charge in [-0.25, -0.2) is 0 Å². The molecule has 0 amide bonds. The summed E-state index contributed by atoms with van der Waals surface area (Å²) in [5, 5.41) is 0. The van der Waals surface area contributed by atoms with Crippen molar-refractivity contribution in [2.24, 2.45) is 0 Å². The van der Waals surface area contributed by atoms with Gasteiger partial charge in [-0.05, 0) is 12.5 Å². The summed E-state index contributed by atoms with van der Waals surface area (Å²) in [4.78, 5) is 0. The molecule has 0 rings (SSSR count). The molecule has 0 fully saturated rings. The second kappa shape index (κ2) is 1.47. The Morgan fingerprint density at radius 1 is 1.50 bits per heavy atom. The minimum Gasteiger partial charge on any atom is -0.281 e. The monoisotopic (exact) mass is 77.0 g/mol. The van der Waals surface area contributed by atoms with E-state index in [-0.39, 0.29) is 10.7 Å². The molecular weight excluding hydrogens is 70.1 g/mol. The minimum absolute atomic E-state index is 0.111. The van der Waals surface area contributed by atoms with Crippen molar-refractivity contribution in [3.63, 3.8) is 0 Å². The lowest BCUT2D eigenvalue weighted by Crippen LogP contribution is -1.66. The second-order valence-corrected chi connectivity index (χ2v) is 2.45. The van der Waals surface area contributed by atoms with Crippen LogP contribution in [0.1, 0.15) is 0 Å². The molecule has 0 bridgehead atoms. The Bertz CT molecular complexity index is 29.0. The highest BCUT2D eigenvalue weighted by atomic mass is 32.2. The summed E-state index contributed by atoms with van der Waals surface area (Å²) in [7, 11) is -0.111. The lowest BCUT2D eigenvalue weighted by atomic mass is 11.9. The zero-order chi connectivity index (χ0) is 3.58. The van der Waals surface area contributed by atoms with E-state index in [4.69, 9.17) is 4.78 Å². The molecule has 0 aliphatic carbocycles. The molecule has 0 spiro atoms. The van der Waals surface area contributed by atoms with Gasteiger partial charge in [0.25, 0.3) is 0 Å². The van der Waals surface area contributed by atoms with Crippen molar-refractivity contribution in [2.45, 2.75) is 0 Å². The van der Waals surface area contributed by atoms with Crippen LogP contribution in [-0.2, 0) is 10.7 Å². The fourth-order valence-electron chi connectivity index (χ4n) is 0. The van der Waals surface area contributed by atoms with Gasteiger partial charge in [0.1, 0.15) is 0 Å². The van der Waals surface area contributed by atoms with Crippen LogP contribution in [0.4, 0.5) is 0 Å². The maximum atomic E-state index is 6.61. The highest BCUT2D eigenvalue weighted by Crippen LogP contribution is 1.51. The van der Waals surface area contributed by atoms with E-state index < -0.39 is 0 Å². The first-order chi connectivity index (χ1) is 1.73. The Balaban J connectivity index is 2.80. The second-order valence-electron chi connectivity index (χ2n) is 0.816. The first kappa shape index (κ1) is 4.15. The van der Waals surface area contributed by atoms with Gasteiger partial charge in [0.05, 0.1) is 0 Å². The average molecular weight is 77.2 g/mol. The van der Waals surface area contributed by atoms with Gasteiger partial charge in [-0.1, -0.05) is 0 Å². The quantitative estimate of drug-likeness (QED) is 0.438. The molecule has 1 N–H and O–H groups in total. The summed E-state index contributed by atoms with van der Waals surface area (Å²) in [5.74, 6) is 0. The molecule has 4 heavy (non-hydrogen) atoms. The average Bonchev–Trinajstić information content (AvgIpc) is 0.811. The van der Waals surface area contributed by atoms with Crippen molar-refractivity contribution in [3.8, 4) is 0 Å². The van der Waals surface area contributed by atoms with E-state index in [0.717, 1.165) is 0 Å². The summed E-state index contributed by atoms with van der Waals surface area (Å²) in [6, 6.07) is 0. The van der Waals surface area contributed by atoms with Gasteiger partial charge in [0.2, 0.25) is 0 Å². The van der Waals surface area contributed by atoms with Gasteiger partial charge in [-0.2, -0.15) is 0 Å². The van der Waals surface area contributed by atoms with Gasteiger partial charge < -0.3 is 0 Å². The largest absolute Gasteiger partial charge is 0.281 e. The van der Waals surface area contributed by atoms with Crippen LogP contribution >= 0.6 is 0 Å². The Kier molecular flexibility index (Phi) is 1.52. The van der Waals surface area contributed by atoms with Crippen LogP contribution in [0.3, 0.4) is 0 Å². The summed E-state index contributed by atoms with van der Waals surface area (Å²) in [5.41, 5.74) is 0. The van der Waals surface area contributed by atoms with Gasteiger partial charge in [-0.15, -0.1) is 10.7 Å². The van der Waals surface area contributed by atoms with Gasteiger partial charge in [0.15, 0.2) is 0 Å². The summed E-state index contributed by atoms with van der Waals surface area (Å²) in [6.07, 6.45) is 3.72. The van der Waals surface area contributed by atoms with Gasteiger partial charge in [-0.3, -0.25) is 4.78 Å². The molecule has 0 atom stereocenters. The van der Waals surface area contributed by atoms with Crippen LogP contribution < -0.4 is 0 Å². The van der Waals surface area contributed by atoms with Crippen molar-refractivity contribution in [1.29, 1.82) is 4.78 Å². The third-order valence-corrected chi connectivity index (χ3v) is 0. The van der Waals surface area contributed by atoms with E-state index in [1.54, 1.807) is 0 Å². The Hall–Kier alpha value is 0.150. The third kappa shape index (κ3) is 126. The standard InChI is InChI=1S/C2H7NS/c1-4(2)3/h3H,1-2H3. The maximum Gasteiger partial charge on any atom is -0.00802 e. The molecule has 26 valence electrons. The number of hydrogen-bond donors (Lipinski definition) is 1. The lowest BCUT2D eigenvalue weighted by molar-refractivity contribution is 1.63. The van der Waals surface area contributed by atoms with Crippen molar-refractivity contribution in [3.05, 3.63) is 0 Å². The molecule has 0 aromatic rings. The summed E-state index contributed by atoms with van der Waals surface area (Å²) in [6.45, 7) is 0. The van der Waals surface area contributed by atoms with Crippen LogP contribution in [0.2, 0.25) is 0 Å². The highest BCUT2D eigenvalue weighted by Gasteiger charge is 1.50.